The van der Waals surface area contributed by atoms with Gasteiger partial charge in [0.05, 0.1) is 0 Å². The van der Waals surface area contributed by atoms with Crippen molar-refractivity contribution in [3.63, 3.8) is 0 Å². The average molecular weight is 236 g/mol. The van der Waals surface area contributed by atoms with E-state index in [0.717, 1.165) is 5.92 Å². The monoisotopic (exact) mass is 236 g/mol. The smallest absolute Gasteiger partial charge is 0.230 e. The van der Waals surface area contributed by atoms with E-state index < -0.39 is 0 Å². The van der Waals surface area contributed by atoms with Crippen LogP contribution in [0.2, 0.25) is 0 Å². The molecule has 3 nitrogen and oxygen atoms in total. The highest BCUT2D eigenvalue weighted by atomic mass is 16.2. The Kier molecular flexibility index (Phi) is 2.20. The summed E-state index contributed by atoms with van der Waals surface area (Å²) in [5, 5.41) is 0. The predicted octanol–water partition coefficient (Wildman–Crippen LogP) is 2.38. The molecule has 4 fully saturated rings. The Labute approximate surface area is 104 Å². The molecule has 1 amide bonds. The topological polar surface area (TPSA) is 41.1 Å². The van der Waals surface area contributed by atoms with E-state index in [-0.39, 0.29) is 11.4 Å². The number of hydrogen-bond acceptors (Lipinski definition) is 2. The van der Waals surface area contributed by atoms with Crippen molar-refractivity contribution < 1.29 is 4.79 Å². The van der Waals surface area contributed by atoms with Crippen LogP contribution in [0.25, 0.3) is 0 Å². The SMILES string of the molecule is CC(=O)NNC12CC3CC(C)(CC(C)(C3)C1)C2. The minimum Gasteiger partial charge on any atom is -0.291 e. The van der Waals surface area contributed by atoms with Gasteiger partial charge in [-0.15, -0.1) is 0 Å². The van der Waals surface area contributed by atoms with Crippen LogP contribution in [-0.2, 0) is 4.79 Å². The maximum absolute atomic E-state index is 11.1. The first kappa shape index (κ1) is 11.5. The van der Waals surface area contributed by atoms with E-state index in [1.54, 1.807) is 6.92 Å². The molecule has 4 aliphatic rings. The Bertz CT molecular complexity index is 347. The second kappa shape index (κ2) is 3.25. The Balaban J connectivity index is 1.84. The molecule has 96 valence electrons. The number of carbonyl (C=O) groups excluding carboxylic acids is 1. The molecule has 17 heavy (non-hydrogen) atoms. The highest BCUT2D eigenvalue weighted by Gasteiger charge is 2.60. The van der Waals surface area contributed by atoms with Crippen LogP contribution in [0.3, 0.4) is 0 Å². The minimum absolute atomic E-state index is 0.0241. The van der Waals surface area contributed by atoms with E-state index >= 15 is 0 Å². The van der Waals surface area contributed by atoms with E-state index in [1.807, 2.05) is 0 Å². The van der Waals surface area contributed by atoms with E-state index in [9.17, 15) is 4.79 Å². The van der Waals surface area contributed by atoms with Gasteiger partial charge in [-0.05, 0) is 55.3 Å². The number of rotatable bonds is 2. The van der Waals surface area contributed by atoms with Crippen molar-refractivity contribution in [1.29, 1.82) is 0 Å². The molecule has 2 unspecified atom stereocenters. The summed E-state index contributed by atoms with van der Waals surface area (Å²) in [6.07, 6.45) is 7.87. The van der Waals surface area contributed by atoms with Crippen molar-refractivity contribution >= 4 is 5.91 Å². The molecular weight excluding hydrogens is 212 g/mol. The third kappa shape index (κ3) is 1.88. The van der Waals surface area contributed by atoms with Crippen molar-refractivity contribution in [1.82, 2.24) is 10.9 Å². The Morgan fingerprint density at radius 1 is 1.06 bits per heavy atom. The maximum Gasteiger partial charge on any atom is 0.230 e. The molecule has 4 saturated carbocycles. The molecule has 0 spiro atoms. The summed E-state index contributed by atoms with van der Waals surface area (Å²) in [4.78, 5) is 11.1. The third-order valence-electron chi connectivity index (χ3n) is 5.13. The van der Waals surface area contributed by atoms with Gasteiger partial charge in [0.2, 0.25) is 5.91 Å². The Morgan fingerprint density at radius 3 is 2.12 bits per heavy atom. The molecular formula is C14H24N2O. The zero-order valence-corrected chi connectivity index (χ0v) is 11.2. The first-order valence-corrected chi connectivity index (χ1v) is 6.86. The average Bonchev–Trinajstić information content (AvgIpc) is 2.08. The van der Waals surface area contributed by atoms with Crippen LogP contribution in [0.4, 0.5) is 0 Å². The highest BCUT2D eigenvalue weighted by Crippen LogP contribution is 2.66. The van der Waals surface area contributed by atoms with Crippen LogP contribution in [0.15, 0.2) is 0 Å². The van der Waals surface area contributed by atoms with Gasteiger partial charge < -0.3 is 0 Å². The quantitative estimate of drug-likeness (QED) is 0.723. The van der Waals surface area contributed by atoms with E-state index in [2.05, 4.69) is 24.7 Å². The Morgan fingerprint density at radius 2 is 1.65 bits per heavy atom. The predicted molar refractivity (Wildman–Crippen MR) is 67.1 cm³/mol. The molecule has 4 aliphatic carbocycles. The number of nitrogens with one attached hydrogen (secondary N) is 2. The van der Waals surface area contributed by atoms with Crippen LogP contribution in [0.1, 0.15) is 59.3 Å². The molecule has 0 aromatic rings. The van der Waals surface area contributed by atoms with Gasteiger partial charge in [-0.3, -0.25) is 10.2 Å². The minimum atomic E-state index is 0.0241. The van der Waals surface area contributed by atoms with Gasteiger partial charge in [0.15, 0.2) is 0 Å². The zero-order chi connectivity index (χ0) is 12.3. The summed E-state index contributed by atoms with van der Waals surface area (Å²) < 4.78 is 0. The molecule has 4 bridgehead atoms. The summed E-state index contributed by atoms with van der Waals surface area (Å²) in [6, 6.07) is 0. The largest absolute Gasteiger partial charge is 0.291 e. The second-order valence-corrected chi connectivity index (χ2v) is 7.72. The highest BCUT2D eigenvalue weighted by molar-refractivity contribution is 5.72. The fourth-order valence-electron chi connectivity index (χ4n) is 5.81. The fraction of sp³-hybridized carbons (Fsp3) is 0.929. The molecule has 0 aromatic carbocycles. The van der Waals surface area contributed by atoms with E-state index in [4.69, 9.17) is 0 Å². The first-order chi connectivity index (χ1) is 7.82. The summed E-state index contributed by atoms with van der Waals surface area (Å²) in [5.41, 5.74) is 7.40. The molecule has 0 heterocycles. The Hall–Kier alpha value is -0.570. The van der Waals surface area contributed by atoms with Crippen LogP contribution in [-0.4, -0.2) is 11.4 Å². The normalized spacial score (nSPS) is 51.6. The van der Waals surface area contributed by atoms with Crippen LogP contribution >= 0.6 is 0 Å². The van der Waals surface area contributed by atoms with Gasteiger partial charge in [-0.25, -0.2) is 5.43 Å². The lowest BCUT2D eigenvalue weighted by atomic mass is 9.43. The lowest BCUT2D eigenvalue weighted by molar-refractivity contribution is -0.133. The zero-order valence-electron chi connectivity index (χ0n) is 11.2. The van der Waals surface area contributed by atoms with E-state index in [0.29, 0.717) is 10.8 Å². The van der Waals surface area contributed by atoms with Gasteiger partial charge in [-0.1, -0.05) is 13.8 Å². The lowest BCUT2D eigenvalue weighted by Gasteiger charge is -2.65. The van der Waals surface area contributed by atoms with Gasteiger partial charge in [0.25, 0.3) is 0 Å². The van der Waals surface area contributed by atoms with Crippen LogP contribution < -0.4 is 10.9 Å². The molecule has 0 radical (unpaired) electrons. The molecule has 0 aliphatic heterocycles. The van der Waals surface area contributed by atoms with E-state index in [1.165, 1.54) is 38.5 Å². The first-order valence-electron chi connectivity index (χ1n) is 6.86. The van der Waals surface area contributed by atoms with Gasteiger partial charge in [0, 0.05) is 12.5 Å². The fourth-order valence-corrected chi connectivity index (χ4v) is 5.81. The third-order valence-corrected chi connectivity index (χ3v) is 5.13. The van der Waals surface area contributed by atoms with Crippen molar-refractivity contribution in [2.45, 2.75) is 64.8 Å². The maximum atomic E-state index is 11.1. The van der Waals surface area contributed by atoms with Gasteiger partial charge >= 0.3 is 0 Å². The number of amides is 1. The van der Waals surface area contributed by atoms with Gasteiger partial charge in [0.1, 0.15) is 0 Å². The summed E-state index contributed by atoms with van der Waals surface area (Å²) in [6.45, 7) is 6.47. The standard InChI is InChI=1S/C14H24N2O/c1-10(17)15-16-14-6-11-4-12(2,8-14)7-13(3,5-11)9-14/h11,16H,4-9H2,1-3H3,(H,15,17). The molecule has 0 saturated heterocycles. The lowest BCUT2D eigenvalue weighted by Crippen LogP contribution is -2.67. The molecule has 2 atom stereocenters. The second-order valence-electron chi connectivity index (χ2n) is 7.72. The molecule has 3 heteroatoms. The summed E-state index contributed by atoms with van der Waals surface area (Å²) >= 11 is 0. The molecule has 4 rings (SSSR count). The number of hydrazine groups is 1. The number of carbonyl (C=O) groups is 1. The van der Waals surface area contributed by atoms with Crippen molar-refractivity contribution in [3.8, 4) is 0 Å². The molecule has 0 aromatic heterocycles. The molecule has 2 N–H and O–H groups in total. The van der Waals surface area contributed by atoms with Crippen LogP contribution in [0, 0.1) is 16.7 Å². The van der Waals surface area contributed by atoms with Crippen LogP contribution in [0.5, 0.6) is 0 Å². The summed E-state index contributed by atoms with van der Waals surface area (Å²) in [5.74, 6) is 0.888. The van der Waals surface area contributed by atoms with Crippen molar-refractivity contribution in [3.05, 3.63) is 0 Å². The number of hydrogen-bond donors (Lipinski definition) is 2. The summed E-state index contributed by atoms with van der Waals surface area (Å²) in [7, 11) is 0. The van der Waals surface area contributed by atoms with Gasteiger partial charge in [-0.2, -0.15) is 0 Å². The van der Waals surface area contributed by atoms with Crippen molar-refractivity contribution in [2.24, 2.45) is 16.7 Å². The van der Waals surface area contributed by atoms with Crippen molar-refractivity contribution in [2.75, 3.05) is 0 Å².